The monoisotopic (exact) mass is 426 g/mol. The van der Waals surface area contributed by atoms with Crippen LogP contribution in [0.5, 0.6) is 0 Å². The Kier molecular flexibility index (Phi) is 4.39. The van der Waals surface area contributed by atoms with Crippen LogP contribution in [0.2, 0.25) is 19.6 Å². The summed E-state index contributed by atoms with van der Waals surface area (Å²) in [6.45, 7) is 11.8. The van der Waals surface area contributed by atoms with Crippen LogP contribution in [-0.2, 0) is 7.05 Å². The summed E-state index contributed by atoms with van der Waals surface area (Å²) in [7, 11) is 0.890. The third-order valence-corrected chi connectivity index (χ3v) is 9.73. The van der Waals surface area contributed by atoms with Gasteiger partial charge in [-0.2, -0.15) is 4.57 Å². The average molecular weight is 427 g/mol. The van der Waals surface area contributed by atoms with Crippen LogP contribution in [0.15, 0.2) is 60.7 Å². The summed E-state index contributed by atoms with van der Waals surface area (Å²) in [4.78, 5) is 0. The van der Waals surface area contributed by atoms with Crippen molar-refractivity contribution in [2.75, 3.05) is 0 Å². The van der Waals surface area contributed by atoms with Crippen LogP contribution in [0.25, 0.3) is 42.3 Å². The number of aryl methyl sites for hydroxylation is 2. The zero-order chi connectivity index (χ0) is 21.2. The molecule has 0 aliphatic rings. The number of rotatable bonds is 2. The molecule has 0 spiro atoms. The lowest BCUT2D eigenvalue weighted by Crippen LogP contribution is -2.38. The van der Waals surface area contributed by atoms with Crippen molar-refractivity contribution in [3.63, 3.8) is 0 Å². The van der Waals surface area contributed by atoms with Crippen LogP contribution >= 0.6 is 11.3 Å². The van der Waals surface area contributed by atoms with Gasteiger partial charge in [-0.1, -0.05) is 49.1 Å². The first kappa shape index (κ1) is 19.5. The van der Waals surface area contributed by atoms with Crippen LogP contribution in [0.1, 0.15) is 11.1 Å². The molecule has 0 unspecified atom stereocenters. The minimum Gasteiger partial charge on any atom is -0.194 e. The summed E-state index contributed by atoms with van der Waals surface area (Å²) in [5, 5.41) is 5.59. The molecule has 30 heavy (non-hydrogen) atoms. The second-order valence-electron chi connectivity index (χ2n) is 9.47. The van der Waals surface area contributed by atoms with Gasteiger partial charge in [-0.25, -0.2) is 0 Å². The summed E-state index contributed by atoms with van der Waals surface area (Å²) >= 11 is 1.92. The number of hydrogen-bond acceptors (Lipinski definition) is 1. The molecule has 2 aromatic heterocycles. The summed E-state index contributed by atoms with van der Waals surface area (Å²) in [5.74, 6) is 0. The lowest BCUT2D eigenvalue weighted by atomic mass is 9.96. The predicted molar refractivity (Wildman–Crippen MR) is 136 cm³/mol. The van der Waals surface area contributed by atoms with Gasteiger partial charge in [0.15, 0.2) is 0 Å². The Labute approximate surface area is 183 Å². The van der Waals surface area contributed by atoms with Crippen LogP contribution in [0.3, 0.4) is 0 Å². The van der Waals surface area contributed by atoms with E-state index in [0.717, 1.165) is 0 Å². The maximum absolute atomic E-state index is 2.41. The van der Waals surface area contributed by atoms with Gasteiger partial charge in [0, 0.05) is 37.7 Å². The average Bonchev–Trinajstić information content (AvgIpc) is 3.07. The Morgan fingerprint density at radius 1 is 0.833 bits per heavy atom. The summed E-state index contributed by atoms with van der Waals surface area (Å²) in [6.07, 6.45) is 0. The maximum Gasteiger partial charge on any atom is 0.214 e. The van der Waals surface area contributed by atoms with E-state index in [4.69, 9.17) is 0 Å². The van der Waals surface area contributed by atoms with Crippen molar-refractivity contribution in [3.8, 4) is 11.3 Å². The number of nitrogens with zero attached hydrogens (tertiary/aromatic N) is 1. The first-order chi connectivity index (χ1) is 14.3. The van der Waals surface area contributed by atoms with E-state index < -0.39 is 8.07 Å². The van der Waals surface area contributed by atoms with Crippen LogP contribution < -0.4 is 9.75 Å². The van der Waals surface area contributed by atoms with Gasteiger partial charge in [-0.3, -0.25) is 0 Å². The highest BCUT2D eigenvalue weighted by Gasteiger charge is 2.23. The number of aromatic nitrogens is 1. The molecule has 3 heteroatoms. The van der Waals surface area contributed by atoms with E-state index in [1.165, 1.54) is 58.6 Å². The van der Waals surface area contributed by atoms with Crippen molar-refractivity contribution in [1.29, 1.82) is 0 Å². The minimum absolute atomic E-state index is 1.29. The van der Waals surface area contributed by atoms with E-state index in [1.54, 1.807) is 0 Å². The van der Waals surface area contributed by atoms with E-state index in [-0.39, 0.29) is 0 Å². The van der Waals surface area contributed by atoms with Gasteiger partial charge >= 0.3 is 0 Å². The van der Waals surface area contributed by atoms with Gasteiger partial charge < -0.3 is 0 Å². The van der Waals surface area contributed by atoms with E-state index in [9.17, 15) is 0 Å². The SMILES string of the molecule is Cc1cc2c(sc3ccccc32)c(-c2ccc3cc([Si](C)(C)C)ccc3[n+]2C)c1C. The third kappa shape index (κ3) is 2.91. The Hall–Kier alpha value is -2.49. The fourth-order valence-corrected chi connectivity index (χ4v) is 6.98. The predicted octanol–water partition coefficient (Wildman–Crippen LogP) is 6.86. The molecule has 0 amide bonds. The van der Waals surface area contributed by atoms with Crippen LogP contribution in [0.4, 0.5) is 0 Å². The van der Waals surface area contributed by atoms with Gasteiger partial charge in [0.2, 0.25) is 11.2 Å². The summed E-state index contributed by atoms with van der Waals surface area (Å²) in [6, 6.07) is 22.9. The molecule has 0 N–H and O–H groups in total. The van der Waals surface area contributed by atoms with Gasteiger partial charge in [-0.15, -0.1) is 11.3 Å². The summed E-state index contributed by atoms with van der Waals surface area (Å²) < 4.78 is 5.14. The van der Waals surface area contributed by atoms with Crippen LogP contribution in [0, 0.1) is 13.8 Å². The van der Waals surface area contributed by atoms with Gasteiger partial charge in [0.1, 0.15) is 7.05 Å². The van der Waals surface area contributed by atoms with E-state index in [1.807, 2.05) is 11.3 Å². The zero-order valence-electron chi connectivity index (χ0n) is 18.6. The topological polar surface area (TPSA) is 3.88 Å². The molecule has 5 aromatic rings. The second kappa shape index (κ2) is 6.76. The largest absolute Gasteiger partial charge is 0.214 e. The van der Waals surface area contributed by atoms with Crippen LogP contribution in [-0.4, -0.2) is 8.07 Å². The fourth-order valence-electron chi connectivity index (χ4n) is 4.52. The van der Waals surface area contributed by atoms with Crippen molar-refractivity contribution < 1.29 is 4.57 Å². The molecule has 0 aliphatic heterocycles. The highest BCUT2D eigenvalue weighted by Crippen LogP contribution is 2.42. The van der Waals surface area contributed by atoms with Crippen molar-refractivity contribution in [2.45, 2.75) is 33.5 Å². The minimum atomic E-state index is -1.32. The standard InChI is InChI=1S/C27H28NSSi/c1-17-15-22-21-9-7-8-10-25(21)29-27(22)26(18(17)2)24-13-11-19-16-20(30(4,5)6)12-14-23(19)28(24)3/h7-16H,1-6H3/q+1. The molecule has 1 nitrogen and oxygen atoms in total. The number of pyridine rings is 1. The molecule has 2 heterocycles. The van der Waals surface area contributed by atoms with E-state index >= 15 is 0 Å². The normalized spacial score (nSPS) is 12.3. The molecule has 0 atom stereocenters. The van der Waals surface area contributed by atoms with Gasteiger partial charge in [0.25, 0.3) is 0 Å². The molecule has 150 valence electrons. The zero-order valence-corrected chi connectivity index (χ0v) is 20.4. The van der Waals surface area contributed by atoms with Gasteiger partial charge in [0.05, 0.1) is 13.6 Å². The first-order valence-corrected chi connectivity index (χ1v) is 14.9. The Balaban J connectivity index is 1.83. The highest BCUT2D eigenvalue weighted by atomic mass is 32.1. The lowest BCUT2D eigenvalue weighted by molar-refractivity contribution is -0.633. The Bertz CT molecular complexity index is 1450. The van der Waals surface area contributed by atoms with E-state index in [2.05, 4.69) is 106 Å². The molecule has 0 fully saturated rings. The Morgan fingerprint density at radius 3 is 2.37 bits per heavy atom. The fraction of sp³-hybridized carbons (Fsp3) is 0.222. The molecule has 0 aliphatic carbocycles. The molecule has 0 radical (unpaired) electrons. The quantitative estimate of drug-likeness (QED) is 0.214. The van der Waals surface area contributed by atoms with Crippen molar-refractivity contribution in [2.24, 2.45) is 7.05 Å². The number of benzene rings is 3. The molecule has 0 saturated heterocycles. The lowest BCUT2D eigenvalue weighted by Gasteiger charge is -2.17. The molecular weight excluding hydrogens is 398 g/mol. The molecule has 0 bridgehead atoms. The van der Waals surface area contributed by atoms with Crippen molar-refractivity contribution in [3.05, 3.63) is 71.8 Å². The number of fused-ring (bicyclic) bond motifs is 4. The Morgan fingerprint density at radius 2 is 1.60 bits per heavy atom. The summed E-state index contributed by atoms with van der Waals surface area (Å²) in [5.41, 5.74) is 6.70. The first-order valence-electron chi connectivity index (χ1n) is 10.6. The molecule has 5 rings (SSSR count). The van der Waals surface area contributed by atoms with Crippen molar-refractivity contribution >= 4 is 55.7 Å². The third-order valence-electron chi connectivity index (χ3n) is 6.48. The smallest absolute Gasteiger partial charge is 0.194 e. The highest BCUT2D eigenvalue weighted by molar-refractivity contribution is 7.26. The van der Waals surface area contributed by atoms with E-state index in [0.29, 0.717) is 0 Å². The molecule has 0 saturated carbocycles. The van der Waals surface area contributed by atoms with Crippen molar-refractivity contribution in [1.82, 2.24) is 0 Å². The molecular formula is C27H28NSSi+. The van der Waals surface area contributed by atoms with Gasteiger partial charge in [-0.05, 0) is 49.2 Å². The number of hydrogen-bond donors (Lipinski definition) is 0. The second-order valence-corrected chi connectivity index (χ2v) is 15.6. The number of thiophene rings is 1. The molecule has 3 aromatic carbocycles. The maximum atomic E-state index is 2.41.